The molecule has 1 saturated carbocycles. The Labute approximate surface area is 133 Å². The van der Waals surface area contributed by atoms with Gasteiger partial charge < -0.3 is 10.6 Å². The highest BCUT2D eigenvalue weighted by Crippen LogP contribution is 2.23. The number of fused-ring (bicyclic) bond motifs is 1. The molecule has 1 amide bonds. The molecular weight excluding hydrogens is 290 g/mol. The fourth-order valence-electron chi connectivity index (χ4n) is 2.34. The number of para-hydroxylation sites is 1. The van der Waals surface area contributed by atoms with E-state index in [-0.39, 0.29) is 5.91 Å². The average molecular weight is 305 g/mol. The molecule has 1 fully saturated rings. The average Bonchev–Trinajstić information content (AvgIpc) is 3.40. The number of carbonyl (C=O) groups is 1. The number of carbonyl (C=O) groups excluding carboxylic acids is 1. The number of nitrogens with zero attached hydrogens (tertiary/aromatic N) is 3. The molecule has 23 heavy (non-hydrogen) atoms. The number of rotatable bonds is 4. The summed E-state index contributed by atoms with van der Waals surface area (Å²) in [6, 6.07) is 10.1. The molecule has 6 heteroatoms. The summed E-state index contributed by atoms with van der Waals surface area (Å²) in [4.78, 5) is 24.7. The van der Waals surface area contributed by atoms with Crippen LogP contribution in [0.2, 0.25) is 0 Å². The lowest BCUT2D eigenvalue weighted by molar-refractivity contribution is 0.0945. The van der Waals surface area contributed by atoms with Gasteiger partial charge in [-0.2, -0.15) is 0 Å². The molecule has 114 valence electrons. The van der Waals surface area contributed by atoms with E-state index in [1.165, 1.54) is 6.20 Å². The second-order valence-electron chi connectivity index (χ2n) is 5.54. The van der Waals surface area contributed by atoms with Crippen molar-refractivity contribution in [3.05, 3.63) is 54.6 Å². The van der Waals surface area contributed by atoms with Gasteiger partial charge in [0.05, 0.1) is 23.6 Å². The van der Waals surface area contributed by atoms with Gasteiger partial charge in [-0.3, -0.25) is 9.78 Å². The minimum Gasteiger partial charge on any atom is -0.348 e. The Morgan fingerprint density at radius 2 is 1.91 bits per heavy atom. The molecule has 1 aliphatic rings. The zero-order valence-electron chi connectivity index (χ0n) is 12.4. The van der Waals surface area contributed by atoms with E-state index in [9.17, 15) is 4.79 Å². The smallest absolute Gasteiger partial charge is 0.271 e. The van der Waals surface area contributed by atoms with Crippen LogP contribution < -0.4 is 10.6 Å². The van der Waals surface area contributed by atoms with Gasteiger partial charge >= 0.3 is 0 Å². The summed E-state index contributed by atoms with van der Waals surface area (Å²) in [5.41, 5.74) is 2.05. The van der Waals surface area contributed by atoms with Crippen LogP contribution in [0.4, 0.5) is 11.5 Å². The second-order valence-corrected chi connectivity index (χ2v) is 5.54. The Balaban J connectivity index is 1.55. The zero-order valence-corrected chi connectivity index (χ0v) is 12.4. The van der Waals surface area contributed by atoms with Crippen molar-refractivity contribution in [2.75, 3.05) is 5.32 Å². The van der Waals surface area contributed by atoms with Crippen molar-refractivity contribution >= 4 is 28.3 Å². The predicted molar refractivity (Wildman–Crippen MR) is 87.5 cm³/mol. The van der Waals surface area contributed by atoms with Crippen LogP contribution in [-0.2, 0) is 0 Å². The lowest BCUT2D eigenvalue weighted by atomic mass is 10.2. The fraction of sp³-hybridized carbons (Fsp3) is 0.176. The molecule has 0 radical (unpaired) electrons. The highest BCUT2D eigenvalue weighted by molar-refractivity contribution is 5.93. The van der Waals surface area contributed by atoms with Crippen LogP contribution in [0.1, 0.15) is 23.3 Å². The van der Waals surface area contributed by atoms with Gasteiger partial charge in [-0.05, 0) is 25.0 Å². The normalized spacial score (nSPS) is 13.7. The maximum absolute atomic E-state index is 11.9. The molecule has 1 aromatic carbocycles. The molecule has 3 aromatic rings. The number of anilines is 2. The molecule has 0 bridgehead atoms. The largest absolute Gasteiger partial charge is 0.348 e. The highest BCUT2D eigenvalue weighted by atomic mass is 16.2. The van der Waals surface area contributed by atoms with E-state index in [0.717, 1.165) is 29.4 Å². The summed E-state index contributed by atoms with van der Waals surface area (Å²) >= 11 is 0. The number of hydrogen-bond donors (Lipinski definition) is 2. The number of aromatic nitrogens is 3. The van der Waals surface area contributed by atoms with Crippen molar-refractivity contribution < 1.29 is 4.79 Å². The van der Waals surface area contributed by atoms with Gasteiger partial charge in [0.1, 0.15) is 11.5 Å². The number of hydrogen-bond acceptors (Lipinski definition) is 5. The van der Waals surface area contributed by atoms with Crippen molar-refractivity contribution in [3.8, 4) is 0 Å². The summed E-state index contributed by atoms with van der Waals surface area (Å²) in [5, 5.41) is 7.14. The van der Waals surface area contributed by atoms with Crippen molar-refractivity contribution in [3.63, 3.8) is 0 Å². The van der Waals surface area contributed by atoms with E-state index in [4.69, 9.17) is 0 Å². The van der Waals surface area contributed by atoms with Crippen LogP contribution in [0.25, 0.3) is 10.9 Å². The first-order valence-electron chi connectivity index (χ1n) is 7.53. The van der Waals surface area contributed by atoms with E-state index in [1.54, 1.807) is 12.4 Å². The van der Waals surface area contributed by atoms with Gasteiger partial charge in [0, 0.05) is 17.6 Å². The summed E-state index contributed by atoms with van der Waals surface area (Å²) in [5.74, 6) is 0.407. The lowest BCUT2D eigenvalue weighted by Gasteiger charge is -2.08. The molecular formula is C17H15N5O. The van der Waals surface area contributed by atoms with Crippen LogP contribution in [0.5, 0.6) is 0 Å². The molecule has 2 heterocycles. The van der Waals surface area contributed by atoms with E-state index < -0.39 is 0 Å². The molecule has 0 spiro atoms. The van der Waals surface area contributed by atoms with Crippen LogP contribution in [0, 0.1) is 0 Å². The molecule has 2 N–H and O–H groups in total. The third kappa shape index (κ3) is 2.96. The maximum Gasteiger partial charge on any atom is 0.271 e. The fourth-order valence-corrected chi connectivity index (χ4v) is 2.34. The molecule has 0 atom stereocenters. The Bertz CT molecular complexity index is 853. The number of amides is 1. The molecule has 1 aliphatic carbocycles. The Morgan fingerprint density at radius 1 is 1.04 bits per heavy atom. The quantitative estimate of drug-likeness (QED) is 0.774. The van der Waals surface area contributed by atoms with Gasteiger partial charge in [-0.15, -0.1) is 0 Å². The maximum atomic E-state index is 11.9. The first-order chi connectivity index (χ1) is 11.3. The SMILES string of the molecule is O=C(NC1CC1)c1cnc(Nc2cccc3cccnc23)cn1. The third-order valence-corrected chi connectivity index (χ3v) is 3.69. The van der Waals surface area contributed by atoms with E-state index in [2.05, 4.69) is 25.6 Å². The number of pyridine rings is 1. The molecule has 0 unspecified atom stereocenters. The summed E-state index contributed by atoms with van der Waals surface area (Å²) < 4.78 is 0. The molecule has 0 saturated heterocycles. The summed E-state index contributed by atoms with van der Waals surface area (Å²) in [6.45, 7) is 0. The zero-order chi connectivity index (χ0) is 15.6. The Kier molecular flexibility index (Phi) is 3.34. The Morgan fingerprint density at radius 3 is 2.70 bits per heavy atom. The second kappa shape index (κ2) is 5.64. The van der Waals surface area contributed by atoms with Gasteiger partial charge in [0.15, 0.2) is 0 Å². The highest BCUT2D eigenvalue weighted by Gasteiger charge is 2.24. The van der Waals surface area contributed by atoms with Gasteiger partial charge in [0.2, 0.25) is 0 Å². The van der Waals surface area contributed by atoms with Crippen LogP contribution in [-0.4, -0.2) is 26.9 Å². The third-order valence-electron chi connectivity index (χ3n) is 3.69. The van der Waals surface area contributed by atoms with Crippen molar-refractivity contribution in [2.45, 2.75) is 18.9 Å². The molecule has 4 rings (SSSR count). The molecule has 0 aliphatic heterocycles. The number of benzene rings is 1. The van der Waals surface area contributed by atoms with Crippen molar-refractivity contribution in [1.29, 1.82) is 0 Å². The Hall–Kier alpha value is -3.02. The monoisotopic (exact) mass is 305 g/mol. The van der Waals surface area contributed by atoms with E-state index >= 15 is 0 Å². The van der Waals surface area contributed by atoms with Crippen LogP contribution >= 0.6 is 0 Å². The van der Waals surface area contributed by atoms with Crippen molar-refractivity contribution in [2.24, 2.45) is 0 Å². The minimum atomic E-state index is -0.168. The minimum absolute atomic E-state index is 0.168. The predicted octanol–water partition coefficient (Wildman–Crippen LogP) is 2.66. The lowest BCUT2D eigenvalue weighted by Crippen LogP contribution is -2.26. The van der Waals surface area contributed by atoms with Crippen molar-refractivity contribution in [1.82, 2.24) is 20.3 Å². The van der Waals surface area contributed by atoms with Gasteiger partial charge in [-0.1, -0.05) is 18.2 Å². The number of nitrogens with one attached hydrogen (secondary N) is 2. The van der Waals surface area contributed by atoms with E-state index in [1.807, 2.05) is 30.3 Å². The van der Waals surface area contributed by atoms with Crippen LogP contribution in [0.3, 0.4) is 0 Å². The molecule has 6 nitrogen and oxygen atoms in total. The topological polar surface area (TPSA) is 79.8 Å². The summed E-state index contributed by atoms with van der Waals surface area (Å²) in [6.07, 6.45) is 6.90. The van der Waals surface area contributed by atoms with Gasteiger partial charge in [-0.25, -0.2) is 9.97 Å². The summed E-state index contributed by atoms with van der Waals surface area (Å²) in [7, 11) is 0. The van der Waals surface area contributed by atoms with Gasteiger partial charge in [0.25, 0.3) is 5.91 Å². The van der Waals surface area contributed by atoms with Crippen LogP contribution in [0.15, 0.2) is 48.9 Å². The first kappa shape index (κ1) is 13.6. The first-order valence-corrected chi connectivity index (χ1v) is 7.53. The molecule has 2 aromatic heterocycles. The van der Waals surface area contributed by atoms with E-state index in [0.29, 0.717) is 17.6 Å². The standard InChI is InChI=1S/C17H15N5O/c23-17(21-12-6-7-12)14-9-20-15(10-19-14)22-13-5-1-3-11-4-2-8-18-16(11)13/h1-5,8-10,12H,6-7H2,(H,20,22)(H,21,23).